The summed E-state index contributed by atoms with van der Waals surface area (Å²) in [6.45, 7) is 4.76. The molecule has 0 atom stereocenters. The number of ether oxygens (including phenoxy) is 2. The first kappa shape index (κ1) is 66.2. The summed E-state index contributed by atoms with van der Waals surface area (Å²) in [5.41, 5.74) is 0.438. The summed E-state index contributed by atoms with van der Waals surface area (Å²) < 4.78 is 18.8. The maximum absolute atomic E-state index is 13.0. The Labute approximate surface area is 445 Å². The van der Waals surface area contributed by atoms with Gasteiger partial charge in [-0.1, -0.05) is 12.1 Å². The van der Waals surface area contributed by atoms with Crippen molar-refractivity contribution in [1.82, 2.24) is 9.97 Å². The minimum Gasteiger partial charge on any atom is -0.478 e. The summed E-state index contributed by atoms with van der Waals surface area (Å²) in [6.07, 6.45) is 3.57. The molecule has 5 rings (SSSR count). The van der Waals surface area contributed by atoms with Crippen LogP contribution in [0.4, 0.5) is 45.8 Å². The Kier molecular flexibility index (Phi) is 32.4. The van der Waals surface area contributed by atoms with Gasteiger partial charge in [0, 0.05) is 97.3 Å². The number of aromatic nitrogens is 2. The Balaban J connectivity index is 0.000000977. The number of esters is 2. The van der Waals surface area contributed by atoms with E-state index in [2.05, 4.69) is 52.6 Å². The zero-order valence-corrected chi connectivity index (χ0v) is 43.8. The zero-order valence-electron chi connectivity index (χ0n) is 39.9. The number of nitro groups is 3. The second kappa shape index (κ2) is 36.2. The van der Waals surface area contributed by atoms with Gasteiger partial charge in [0.25, 0.3) is 28.2 Å². The molecule has 0 saturated heterocycles. The summed E-state index contributed by atoms with van der Waals surface area (Å²) in [7, 11) is 12.0. The van der Waals surface area contributed by atoms with Crippen LogP contribution in [-0.4, -0.2) is 111 Å². The van der Waals surface area contributed by atoms with Gasteiger partial charge >= 0.3 is 17.9 Å². The predicted molar refractivity (Wildman–Crippen MR) is 283 cm³/mol. The van der Waals surface area contributed by atoms with E-state index in [1.54, 1.807) is 52.3 Å². The molecule has 0 aliphatic heterocycles. The zero-order chi connectivity index (χ0) is 55.0. The van der Waals surface area contributed by atoms with Gasteiger partial charge in [-0.3, -0.25) is 54.4 Å². The first-order valence-electron chi connectivity index (χ1n) is 20.9. The molecule has 0 unspecified atom stereocenters. The highest BCUT2D eigenvalue weighted by Gasteiger charge is 2.24. The molecule has 30 heteroatoms. The van der Waals surface area contributed by atoms with E-state index in [4.69, 9.17) is 30.4 Å². The van der Waals surface area contributed by atoms with Crippen LogP contribution in [0.3, 0.4) is 0 Å². The van der Waals surface area contributed by atoms with Crippen molar-refractivity contribution in [3.05, 3.63) is 150 Å². The van der Waals surface area contributed by atoms with E-state index in [1.165, 1.54) is 60.6 Å². The minimum absolute atomic E-state index is 0. The summed E-state index contributed by atoms with van der Waals surface area (Å²) in [4.78, 5) is 97.0. The number of hydrogen-bond donors (Lipinski definition) is 5. The van der Waals surface area contributed by atoms with Crippen LogP contribution in [0.2, 0.25) is 0 Å². The molecule has 0 radical (unpaired) electrons. The highest BCUT2D eigenvalue weighted by molar-refractivity contribution is 8.26. The van der Waals surface area contributed by atoms with E-state index in [0.29, 0.717) is 42.5 Å². The smallest absolute Gasteiger partial charge is 0.335 e. The number of carboxylic acids is 1. The van der Waals surface area contributed by atoms with Crippen LogP contribution in [0.15, 0.2) is 103 Å². The molecule has 0 bridgehead atoms. The van der Waals surface area contributed by atoms with E-state index in [0.717, 1.165) is 18.0 Å². The van der Waals surface area contributed by atoms with Crippen molar-refractivity contribution in [2.45, 2.75) is 26.7 Å². The molecule has 0 aliphatic rings. The largest absolute Gasteiger partial charge is 0.478 e. The molecule has 5 aromatic rings. The number of benzene rings is 3. The highest BCUT2D eigenvalue weighted by atomic mass is 36.0. The third-order valence-corrected chi connectivity index (χ3v) is 8.95. The number of amides is 1. The maximum atomic E-state index is 13.0. The Hall–Kier alpha value is -7.78. The number of carbonyl (C=O) groups excluding carboxylic acids is 4. The van der Waals surface area contributed by atoms with Gasteiger partial charge in [0.2, 0.25) is 9.23 Å². The fourth-order valence-corrected chi connectivity index (χ4v) is 5.61. The van der Waals surface area contributed by atoms with Crippen molar-refractivity contribution in [3.8, 4) is 0 Å². The Morgan fingerprint density at radius 3 is 1.47 bits per heavy atom. The standard InChI is InChI=1S/C18H20N4O5.C10H14N2O2.C8H7ClN2O3.C8H8N2O4.Cl2OS.ClH/c1-3-27-17(23)9-11-21(16-6-4-5-10-20-16)18(24)13-7-8-14(19-2)15(12-13)22(25)26;1-2-14-10(13)6-8-12-9-5-3-4-7-11-9;1-10-6-3-2-5(8(9)12)4-7(6)11(13)14;1-9-6-3-2-5(8(11)12)4-7(6)10(13)14;1-4(2)3;/h4-8,10,12,19H,3,9,11H2,1-2H3;3-5,7H,2,6,8H2,1H3,(H,11,12);2-4,10H,1H3;2-4,9H,1H3,(H,11,12);;1H. The molecular weight excluding hydrogens is 1080 g/mol. The molecule has 0 aliphatic carbocycles. The molecule has 2 aromatic heterocycles. The van der Waals surface area contributed by atoms with Crippen molar-refractivity contribution in [2.75, 3.05) is 73.6 Å². The van der Waals surface area contributed by atoms with E-state index < -0.39 is 47.1 Å². The average molecular weight is 1130 g/mol. The number of nitro benzene ring substituents is 3. The number of pyridine rings is 2. The van der Waals surface area contributed by atoms with Crippen molar-refractivity contribution in [1.29, 1.82) is 0 Å². The SMILES string of the molecule is CCOC(=O)CCN(C(=O)c1ccc(NC)c([N+](=O)[O-])c1)c1ccccn1.CCOC(=O)CCNc1ccccn1.CNc1ccc(C(=O)Cl)cc1[N+](=O)[O-].CNc1ccc(C(=O)O)cc1[N+](=O)[O-].Cl.O=S(Cl)Cl. The van der Waals surface area contributed by atoms with Gasteiger partial charge in [-0.05, 0) is 86.1 Å². The van der Waals surface area contributed by atoms with Gasteiger partial charge in [-0.25, -0.2) is 19.0 Å². The molecule has 400 valence electrons. The van der Waals surface area contributed by atoms with E-state index in [9.17, 15) is 54.3 Å². The Bertz CT molecular complexity index is 2600. The van der Waals surface area contributed by atoms with Gasteiger partial charge in [-0.2, -0.15) is 0 Å². The van der Waals surface area contributed by atoms with Gasteiger partial charge in [0.05, 0.1) is 46.4 Å². The molecular formula is C44H50Cl4N10O15S. The Morgan fingerprint density at radius 1 is 0.662 bits per heavy atom. The van der Waals surface area contributed by atoms with Crippen LogP contribution < -0.4 is 26.2 Å². The van der Waals surface area contributed by atoms with Crippen molar-refractivity contribution < 1.29 is 57.5 Å². The van der Waals surface area contributed by atoms with E-state index >= 15 is 0 Å². The summed E-state index contributed by atoms with van der Waals surface area (Å²) >= 11 is 5.19. The fourth-order valence-electron chi connectivity index (χ4n) is 5.49. The quantitative estimate of drug-likeness (QED) is 0.0223. The van der Waals surface area contributed by atoms with Crippen LogP contribution in [0.5, 0.6) is 0 Å². The third-order valence-electron chi connectivity index (χ3n) is 8.73. The Morgan fingerprint density at radius 2 is 1.08 bits per heavy atom. The number of aromatic carboxylic acids is 1. The number of halogens is 4. The molecule has 5 N–H and O–H groups in total. The molecule has 0 saturated carbocycles. The number of carbonyl (C=O) groups is 5. The summed E-state index contributed by atoms with van der Waals surface area (Å²) in [5.74, 6) is -1.19. The van der Waals surface area contributed by atoms with Gasteiger partial charge in [-0.15, -0.1) is 12.4 Å². The van der Waals surface area contributed by atoms with Crippen LogP contribution >= 0.6 is 45.4 Å². The fraction of sp³-hybridized carbons (Fsp3) is 0.250. The van der Waals surface area contributed by atoms with Crippen molar-refractivity contribution >= 4 is 129 Å². The van der Waals surface area contributed by atoms with Crippen molar-refractivity contribution in [3.63, 3.8) is 0 Å². The molecule has 2 heterocycles. The van der Waals surface area contributed by atoms with Gasteiger partial charge in [0.1, 0.15) is 28.7 Å². The molecule has 0 fully saturated rings. The minimum atomic E-state index is -1.67. The lowest BCUT2D eigenvalue weighted by atomic mass is 10.1. The van der Waals surface area contributed by atoms with Gasteiger partial charge < -0.3 is 35.8 Å². The highest BCUT2D eigenvalue weighted by Crippen LogP contribution is 2.28. The second-order valence-corrected chi connectivity index (χ2v) is 16.2. The molecule has 74 heavy (non-hydrogen) atoms. The number of nitrogens with one attached hydrogen (secondary N) is 4. The second-order valence-electron chi connectivity index (χ2n) is 13.4. The number of carboxylic acid groups (broad SMARTS) is 1. The van der Waals surface area contributed by atoms with Crippen LogP contribution in [0.1, 0.15) is 57.8 Å². The molecule has 25 nitrogen and oxygen atoms in total. The lowest BCUT2D eigenvalue weighted by Crippen LogP contribution is -2.34. The first-order valence-corrected chi connectivity index (χ1v) is 24.1. The first-order chi connectivity index (χ1) is 34.6. The lowest BCUT2D eigenvalue weighted by molar-refractivity contribution is -0.384. The molecule has 1 amide bonds. The van der Waals surface area contributed by atoms with Gasteiger partial charge in [0.15, 0.2) is 0 Å². The number of rotatable bonds is 19. The van der Waals surface area contributed by atoms with Crippen molar-refractivity contribution in [2.24, 2.45) is 0 Å². The summed E-state index contributed by atoms with van der Waals surface area (Å²) in [5, 5.41) is 51.2. The van der Waals surface area contributed by atoms with Crippen LogP contribution in [0, 0.1) is 30.3 Å². The average Bonchev–Trinajstić information content (AvgIpc) is 3.36. The van der Waals surface area contributed by atoms with Crippen LogP contribution in [0.25, 0.3) is 0 Å². The topological polar surface area (TPSA) is 348 Å². The third kappa shape index (κ3) is 24.6. The normalized spacial score (nSPS) is 9.58. The van der Waals surface area contributed by atoms with E-state index in [-0.39, 0.29) is 71.7 Å². The monoisotopic (exact) mass is 1130 g/mol. The van der Waals surface area contributed by atoms with E-state index in [1.807, 2.05) is 18.2 Å². The number of hydrogen-bond acceptors (Lipinski definition) is 20. The maximum Gasteiger partial charge on any atom is 0.335 e. The van der Waals surface area contributed by atoms with Crippen LogP contribution in [-0.2, 0) is 28.3 Å². The summed E-state index contributed by atoms with van der Waals surface area (Å²) in [6, 6.07) is 22.5. The molecule has 3 aromatic carbocycles. The number of nitrogens with zero attached hydrogens (tertiary/aromatic N) is 6. The lowest BCUT2D eigenvalue weighted by Gasteiger charge is -2.21. The molecule has 0 spiro atoms. The number of anilines is 5. The predicted octanol–water partition coefficient (Wildman–Crippen LogP) is 8.89.